The lowest BCUT2D eigenvalue weighted by Crippen LogP contribution is -1.86. The predicted octanol–water partition coefficient (Wildman–Crippen LogP) is 0.0874. The predicted molar refractivity (Wildman–Crippen MR) is 34.3 cm³/mol. The lowest BCUT2D eigenvalue weighted by Gasteiger charge is -1.98. The van der Waals surface area contributed by atoms with Crippen LogP contribution in [0.25, 0.3) is 0 Å². The van der Waals surface area contributed by atoms with Gasteiger partial charge in [0.25, 0.3) is 0 Å². The van der Waals surface area contributed by atoms with Crippen LogP contribution in [0.15, 0.2) is 12.3 Å². The first-order valence-electron chi connectivity index (χ1n) is 2.61. The Morgan fingerprint density at radius 3 is 2.80 bits per heavy atom. The summed E-state index contributed by atoms with van der Waals surface area (Å²) in [5.41, 5.74) is 0.452. The van der Waals surface area contributed by atoms with Gasteiger partial charge in [-0.1, -0.05) is 0 Å². The summed E-state index contributed by atoms with van der Waals surface area (Å²) in [6.45, 7) is 0. The van der Waals surface area contributed by atoms with Crippen molar-refractivity contribution in [3.8, 4) is 0 Å². The van der Waals surface area contributed by atoms with Crippen LogP contribution in [0.4, 0.5) is 0 Å². The van der Waals surface area contributed by atoms with E-state index in [9.17, 15) is 4.57 Å². The molecule has 1 heterocycles. The van der Waals surface area contributed by atoms with Crippen molar-refractivity contribution in [2.75, 3.05) is 0 Å². The van der Waals surface area contributed by atoms with Gasteiger partial charge in [0, 0.05) is 11.9 Å². The summed E-state index contributed by atoms with van der Waals surface area (Å²) in [7, 11) is -3.93. The van der Waals surface area contributed by atoms with Crippen LogP contribution in [0.5, 0.6) is 0 Å². The third-order valence-electron chi connectivity index (χ3n) is 0.935. The average molecular weight is 162 g/mol. The average Bonchev–Trinajstić information content (AvgIpc) is 2.12. The van der Waals surface area contributed by atoms with Gasteiger partial charge in [-0.2, -0.15) is 5.10 Å². The van der Waals surface area contributed by atoms with Crippen molar-refractivity contribution in [3.63, 3.8) is 0 Å². The second-order valence-electron chi connectivity index (χ2n) is 1.90. The topological polar surface area (TPSA) is 86.2 Å². The van der Waals surface area contributed by atoms with E-state index in [4.69, 9.17) is 9.79 Å². The number of hydrogen-bond acceptors (Lipinski definition) is 2. The first-order valence-corrected chi connectivity index (χ1v) is 4.40. The van der Waals surface area contributed by atoms with Gasteiger partial charge < -0.3 is 9.79 Å². The Kier molecular flexibility index (Phi) is 1.89. The normalized spacial score (nSPS) is 11.8. The molecule has 3 N–H and O–H groups in total. The number of rotatable bonds is 2. The fraction of sp³-hybridized carbons (Fsp3) is 0.250. The lowest BCUT2D eigenvalue weighted by atomic mass is 10.5. The molecular weight excluding hydrogens is 155 g/mol. The smallest absolute Gasteiger partial charge is 0.324 e. The van der Waals surface area contributed by atoms with Crippen molar-refractivity contribution >= 4 is 7.60 Å². The lowest BCUT2D eigenvalue weighted by molar-refractivity contribution is 0.371. The Balaban J connectivity index is 2.66. The van der Waals surface area contributed by atoms with E-state index in [1.807, 2.05) is 0 Å². The molecule has 0 atom stereocenters. The Hall–Kier alpha value is -0.640. The van der Waals surface area contributed by atoms with Crippen molar-refractivity contribution in [2.24, 2.45) is 0 Å². The zero-order chi connectivity index (χ0) is 7.61. The Morgan fingerprint density at radius 1 is 1.70 bits per heavy atom. The zero-order valence-corrected chi connectivity index (χ0v) is 5.95. The molecule has 0 spiro atoms. The second kappa shape index (κ2) is 2.54. The van der Waals surface area contributed by atoms with Gasteiger partial charge in [-0.05, 0) is 6.07 Å². The molecule has 56 valence electrons. The molecule has 0 radical (unpaired) electrons. The number of aromatic amines is 1. The molecule has 10 heavy (non-hydrogen) atoms. The van der Waals surface area contributed by atoms with Gasteiger partial charge in [0.1, 0.15) is 0 Å². The molecule has 0 amide bonds. The molecule has 0 unspecified atom stereocenters. The maximum atomic E-state index is 10.3. The minimum Gasteiger partial charge on any atom is -0.324 e. The summed E-state index contributed by atoms with van der Waals surface area (Å²) in [4.78, 5) is 16.9. The van der Waals surface area contributed by atoms with Crippen LogP contribution in [0.1, 0.15) is 5.69 Å². The molecule has 0 aromatic carbocycles. The van der Waals surface area contributed by atoms with Gasteiger partial charge in [-0.3, -0.25) is 9.66 Å². The molecule has 1 aromatic rings. The maximum Gasteiger partial charge on any atom is 0.331 e. The fourth-order valence-corrected chi connectivity index (χ4v) is 1.21. The van der Waals surface area contributed by atoms with E-state index in [0.717, 1.165) is 0 Å². The highest BCUT2D eigenvalue weighted by Crippen LogP contribution is 2.38. The number of hydrogen-bond donors (Lipinski definition) is 3. The van der Waals surface area contributed by atoms with Gasteiger partial charge in [-0.15, -0.1) is 0 Å². The number of aromatic nitrogens is 2. The molecule has 0 aliphatic heterocycles. The SMILES string of the molecule is O=P(O)(O)Cc1ccn[nH]1. The molecule has 0 saturated carbocycles. The third kappa shape index (κ3) is 2.31. The van der Waals surface area contributed by atoms with Gasteiger partial charge in [-0.25, -0.2) is 0 Å². The summed E-state index contributed by atoms with van der Waals surface area (Å²) < 4.78 is 10.3. The standard InChI is InChI=1S/C4H7N2O3P/c7-10(8,9)3-4-1-2-5-6-4/h1-2H,3H2,(H,5,6)(H2,7,8,9). The van der Waals surface area contributed by atoms with E-state index in [-0.39, 0.29) is 6.16 Å². The molecule has 1 aromatic heterocycles. The van der Waals surface area contributed by atoms with E-state index in [0.29, 0.717) is 5.69 Å². The molecule has 0 bridgehead atoms. The quantitative estimate of drug-likeness (QED) is 0.538. The minimum absolute atomic E-state index is 0.271. The molecule has 0 saturated heterocycles. The van der Waals surface area contributed by atoms with Crippen molar-refractivity contribution in [1.29, 1.82) is 0 Å². The molecule has 5 nitrogen and oxygen atoms in total. The molecular formula is C4H7N2O3P. The highest BCUT2D eigenvalue weighted by Gasteiger charge is 2.13. The summed E-state index contributed by atoms with van der Waals surface area (Å²) in [6.07, 6.45) is 1.18. The highest BCUT2D eigenvalue weighted by molar-refractivity contribution is 7.50. The van der Waals surface area contributed by atoms with Crippen LogP contribution >= 0.6 is 7.60 Å². The van der Waals surface area contributed by atoms with Crippen molar-refractivity contribution in [1.82, 2.24) is 10.2 Å². The van der Waals surface area contributed by atoms with Crippen LogP contribution in [0.3, 0.4) is 0 Å². The minimum atomic E-state index is -3.93. The van der Waals surface area contributed by atoms with Crippen LogP contribution in [-0.2, 0) is 10.7 Å². The first kappa shape index (κ1) is 7.47. The van der Waals surface area contributed by atoms with E-state index in [1.54, 1.807) is 0 Å². The summed E-state index contributed by atoms with van der Waals surface area (Å²) >= 11 is 0. The van der Waals surface area contributed by atoms with Gasteiger partial charge in [0.2, 0.25) is 0 Å². The number of H-pyrrole nitrogens is 1. The monoisotopic (exact) mass is 162 g/mol. The van der Waals surface area contributed by atoms with Crippen LogP contribution < -0.4 is 0 Å². The van der Waals surface area contributed by atoms with Gasteiger partial charge in [0.15, 0.2) is 0 Å². The Bertz CT molecular complexity index is 239. The van der Waals surface area contributed by atoms with E-state index >= 15 is 0 Å². The van der Waals surface area contributed by atoms with Crippen molar-refractivity contribution in [2.45, 2.75) is 6.16 Å². The molecule has 0 aliphatic rings. The molecule has 6 heteroatoms. The van der Waals surface area contributed by atoms with Crippen LogP contribution in [-0.4, -0.2) is 20.0 Å². The summed E-state index contributed by atoms with van der Waals surface area (Å²) in [6, 6.07) is 1.53. The van der Waals surface area contributed by atoms with E-state index in [1.165, 1.54) is 12.3 Å². The maximum absolute atomic E-state index is 10.3. The van der Waals surface area contributed by atoms with Gasteiger partial charge >= 0.3 is 7.60 Å². The zero-order valence-electron chi connectivity index (χ0n) is 5.06. The first-order chi connectivity index (χ1) is 4.58. The molecule has 1 rings (SSSR count). The third-order valence-corrected chi connectivity index (χ3v) is 1.69. The molecule has 0 aliphatic carbocycles. The van der Waals surface area contributed by atoms with Crippen LogP contribution in [0, 0.1) is 0 Å². The number of nitrogens with one attached hydrogen (secondary N) is 1. The fourth-order valence-electron chi connectivity index (χ4n) is 0.595. The number of nitrogens with zero attached hydrogens (tertiary/aromatic N) is 1. The largest absolute Gasteiger partial charge is 0.331 e. The summed E-state index contributed by atoms with van der Waals surface area (Å²) in [5.74, 6) is 0. The van der Waals surface area contributed by atoms with Crippen LogP contribution in [0.2, 0.25) is 0 Å². The van der Waals surface area contributed by atoms with E-state index in [2.05, 4.69) is 10.2 Å². The Morgan fingerprint density at radius 2 is 2.40 bits per heavy atom. The summed E-state index contributed by atoms with van der Waals surface area (Å²) in [5, 5.41) is 5.99. The van der Waals surface area contributed by atoms with E-state index < -0.39 is 7.60 Å². The molecule has 0 fully saturated rings. The highest BCUT2D eigenvalue weighted by atomic mass is 31.2. The van der Waals surface area contributed by atoms with Crippen molar-refractivity contribution in [3.05, 3.63) is 18.0 Å². The van der Waals surface area contributed by atoms with Gasteiger partial charge in [0.05, 0.1) is 6.16 Å². The van der Waals surface area contributed by atoms with Crippen molar-refractivity contribution < 1.29 is 14.4 Å². The Labute approximate surface area is 57.2 Å². The second-order valence-corrected chi connectivity index (χ2v) is 3.55.